The third-order valence-corrected chi connectivity index (χ3v) is 6.80. The van der Waals surface area contributed by atoms with Gasteiger partial charge >= 0.3 is 0 Å². The van der Waals surface area contributed by atoms with Gasteiger partial charge in [-0.05, 0) is 49.6 Å². The molecule has 0 aliphatic carbocycles. The van der Waals surface area contributed by atoms with Crippen molar-refractivity contribution in [1.82, 2.24) is 24.6 Å². The zero-order chi connectivity index (χ0) is 25.5. The van der Waals surface area contributed by atoms with Crippen molar-refractivity contribution in [2.75, 3.05) is 34.8 Å². The van der Waals surface area contributed by atoms with E-state index in [2.05, 4.69) is 25.4 Å². The minimum atomic E-state index is -0.485. The summed E-state index contributed by atoms with van der Waals surface area (Å²) in [7, 11) is 0. The number of rotatable bonds is 5. The van der Waals surface area contributed by atoms with E-state index in [4.69, 9.17) is 0 Å². The van der Waals surface area contributed by atoms with Crippen LogP contribution in [0, 0.1) is 11.6 Å². The highest BCUT2D eigenvalue weighted by molar-refractivity contribution is 6.03. The molecule has 1 amide bonds. The molecule has 190 valence electrons. The molecule has 5 heterocycles. The van der Waals surface area contributed by atoms with Crippen molar-refractivity contribution in [2.24, 2.45) is 0 Å². The van der Waals surface area contributed by atoms with E-state index in [1.54, 1.807) is 12.1 Å². The molecule has 37 heavy (non-hydrogen) atoms. The number of hydrogen-bond acceptors (Lipinski definition) is 8. The predicted octanol–water partition coefficient (Wildman–Crippen LogP) is 2.96. The molecule has 2 unspecified atom stereocenters. The summed E-state index contributed by atoms with van der Waals surface area (Å²) >= 11 is 0. The number of halogens is 2. The number of fused-ring (bicyclic) bond motifs is 1. The molecule has 4 aromatic rings. The van der Waals surface area contributed by atoms with E-state index >= 15 is 0 Å². The number of β-amino-alcohol motifs (C(OH)–C–C–N with tert-alkyl or cyclic N) is 1. The molecular formula is C25H24F2N8O2. The van der Waals surface area contributed by atoms with E-state index in [1.807, 2.05) is 9.80 Å². The SMILES string of the molecule is O=C(Nc1cnc2ccc(N3CCCC3c3cc(F)ccc3F)nn12)c1cnc(N2CCC(O)C2)nc1. The van der Waals surface area contributed by atoms with Crippen LogP contribution in [-0.4, -0.2) is 61.3 Å². The maximum absolute atomic E-state index is 14.5. The van der Waals surface area contributed by atoms with Crippen LogP contribution in [0.1, 0.15) is 41.2 Å². The van der Waals surface area contributed by atoms with Crippen molar-refractivity contribution in [3.63, 3.8) is 0 Å². The number of nitrogens with zero attached hydrogens (tertiary/aromatic N) is 7. The smallest absolute Gasteiger partial charge is 0.259 e. The molecule has 0 spiro atoms. The normalized spacial score (nSPS) is 19.6. The van der Waals surface area contributed by atoms with Crippen LogP contribution in [0.5, 0.6) is 0 Å². The fourth-order valence-corrected chi connectivity index (χ4v) is 4.95. The topological polar surface area (TPSA) is 112 Å². The molecular weight excluding hydrogens is 482 g/mol. The van der Waals surface area contributed by atoms with Crippen molar-refractivity contribution in [3.05, 3.63) is 71.7 Å². The Bertz CT molecular complexity index is 1460. The van der Waals surface area contributed by atoms with Crippen LogP contribution in [0.2, 0.25) is 0 Å². The van der Waals surface area contributed by atoms with Gasteiger partial charge in [-0.15, -0.1) is 5.10 Å². The molecule has 2 atom stereocenters. The molecule has 3 aromatic heterocycles. The minimum Gasteiger partial charge on any atom is -0.391 e. The van der Waals surface area contributed by atoms with Crippen LogP contribution in [0.3, 0.4) is 0 Å². The molecule has 0 radical (unpaired) electrons. The standard InChI is InChI=1S/C25H24F2N8O2/c26-16-3-4-19(27)18(10-16)20-2-1-8-34(20)22-6-5-21-28-13-23(35(21)32-22)31-24(37)15-11-29-25(30-12-15)33-9-7-17(36)14-33/h3-6,10-13,17,20,36H,1-2,7-9,14H2,(H,31,37). The van der Waals surface area contributed by atoms with Crippen LogP contribution < -0.4 is 15.1 Å². The summed E-state index contributed by atoms with van der Waals surface area (Å²) in [5.74, 6) is 0.00587. The Morgan fingerprint density at radius 1 is 1.03 bits per heavy atom. The Morgan fingerprint density at radius 3 is 2.65 bits per heavy atom. The lowest BCUT2D eigenvalue weighted by atomic mass is 10.0. The molecule has 2 aliphatic rings. The molecule has 0 bridgehead atoms. The lowest BCUT2D eigenvalue weighted by molar-refractivity contribution is 0.102. The van der Waals surface area contributed by atoms with Crippen LogP contribution >= 0.6 is 0 Å². The van der Waals surface area contributed by atoms with E-state index in [0.29, 0.717) is 61.3 Å². The quantitative estimate of drug-likeness (QED) is 0.425. The summed E-state index contributed by atoms with van der Waals surface area (Å²) < 4.78 is 29.9. The van der Waals surface area contributed by atoms with Crippen LogP contribution in [0.25, 0.3) is 5.65 Å². The second kappa shape index (κ2) is 9.36. The number of benzene rings is 1. The third-order valence-electron chi connectivity index (χ3n) is 6.80. The average molecular weight is 507 g/mol. The number of anilines is 3. The average Bonchev–Trinajstić information content (AvgIpc) is 3.65. The molecule has 1 aromatic carbocycles. The van der Waals surface area contributed by atoms with Gasteiger partial charge in [-0.2, -0.15) is 4.52 Å². The van der Waals surface area contributed by atoms with Gasteiger partial charge < -0.3 is 20.2 Å². The summed E-state index contributed by atoms with van der Waals surface area (Å²) in [6, 6.07) is 6.68. The molecule has 2 fully saturated rings. The van der Waals surface area contributed by atoms with E-state index in [9.17, 15) is 18.7 Å². The van der Waals surface area contributed by atoms with Gasteiger partial charge in [-0.25, -0.2) is 23.7 Å². The van der Waals surface area contributed by atoms with E-state index in [0.717, 1.165) is 18.6 Å². The van der Waals surface area contributed by atoms with Crippen molar-refractivity contribution in [2.45, 2.75) is 31.4 Å². The fourth-order valence-electron chi connectivity index (χ4n) is 4.95. The summed E-state index contributed by atoms with van der Waals surface area (Å²) in [5, 5.41) is 17.2. The van der Waals surface area contributed by atoms with Crippen LogP contribution in [0.4, 0.5) is 26.4 Å². The summed E-state index contributed by atoms with van der Waals surface area (Å²) in [6.45, 7) is 1.75. The predicted molar refractivity (Wildman–Crippen MR) is 131 cm³/mol. The van der Waals surface area contributed by atoms with E-state index in [-0.39, 0.29) is 11.6 Å². The molecule has 2 saturated heterocycles. The van der Waals surface area contributed by atoms with Gasteiger partial charge in [0.25, 0.3) is 5.91 Å². The summed E-state index contributed by atoms with van der Waals surface area (Å²) in [6.07, 6.45) is 6.10. The highest BCUT2D eigenvalue weighted by Gasteiger charge is 2.30. The highest BCUT2D eigenvalue weighted by Crippen LogP contribution is 2.36. The number of aromatic nitrogens is 5. The number of aliphatic hydroxyl groups excluding tert-OH is 1. The van der Waals surface area contributed by atoms with Crippen molar-refractivity contribution in [3.8, 4) is 0 Å². The summed E-state index contributed by atoms with van der Waals surface area (Å²) in [4.78, 5) is 29.5. The maximum atomic E-state index is 14.5. The van der Waals surface area contributed by atoms with Crippen molar-refractivity contribution >= 4 is 29.1 Å². The Kier molecular flexibility index (Phi) is 5.87. The third kappa shape index (κ3) is 4.44. The monoisotopic (exact) mass is 506 g/mol. The zero-order valence-corrected chi connectivity index (χ0v) is 19.8. The lowest BCUT2D eigenvalue weighted by Crippen LogP contribution is -2.25. The largest absolute Gasteiger partial charge is 0.391 e. The Hall–Kier alpha value is -4.19. The number of carbonyl (C=O) groups is 1. The molecule has 0 saturated carbocycles. The second-order valence-electron chi connectivity index (χ2n) is 9.24. The number of carbonyl (C=O) groups excluding carboxylic acids is 1. The van der Waals surface area contributed by atoms with Crippen molar-refractivity contribution in [1.29, 1.82) is 0 Å². The first-order chi connectivity index (χ1) is 18.0. The molecule has 2 N–H and O–H groups in total. The Balaban J connectivity index is 1.23. The Morgan fingerprint density at radius 2 is 1.86 bits per heavy atom. The number of imidazole rings is 1. The molecule has 2 aliphatic heterocycles. The molecule has 6 rings (SSSR count). The Labute approximate surface area is 210 Å². The van der Waals surface area contributed by atoms with Gasteiger partial charge in [0.15, 0.2) is 11.5 Å². The fraction of sp³-hybridized carbons (Fsp3) is 0.320. The number of nitrogens with one attached hydrogen (secondary N) is 1. The van der Waals surface area contributed by atoms with Gasteiger partial charge in [0.2, 0.25) is 5.95 Å². The van der Waals surface area contributed by atoms with Gasteiger partial charge in [-0.3, -0.25) is 4.79 Å². The minimum absolute atomic E-state index is 0.260. The van der Waals surface area contributed by atoms with Crippen LogP contribution in [-0.2, 0) is 0 Å². The highest BCUT2D eigenvalue weighted by atomic mass is 19.1. The number of amides is 1. The van der Waals surface area contributed by atoms with Gasteiger partial charge in [0, 0.05) is 37.6 Å². The first kappa shape index (κ1) is 23.2. The maximum Gasteiger partial charge on any atom is 0.259 e. The van der Waals surface area contributed by atoms with Crippen molar-refractivity contribution < 1.29 is 18.7 Å². The molecule has 12 heteroatoms. The summed E-state index contributed by atoms with van der Waals surface area (Å²) in [5.41, 5.74) is 1.08. The van der Waals surface area contributed by atoms with Gasteiger partial charge in [-0.1, -0.05) is 0 Å². The van der Waals surface area contributed by atoms with Gasteiger partial charge in [0.05, 0.1) is 23.9 Å². The van der Waals surface area contributed by atoms with Crippen LogP contribution in [0.15, 0.2) is 48.9 Å². The molecule has 10 nitrogen and oxygen atoms in total. The second-order valence-corrected chi connectivity index (χ2v) is 9.24. The zero-order valence-electron chi connectivity index (χ0n) is 19.8. The lowest BCUT2D eigenvalue weighted by Gasteiger charge is -2.26. The first-order valence-corrected chi connectivity index (χ1v) is 12.1. The number of hydrogen-bond donors (Lipinski definition) is 2. The number of aliphatic hydroxyl groups is 1. The van der Waals surface area contributed by atoms with E-state index in [1.165, 1.54) is 29.2 Å². The first-order valence-electron chi connectivity index (χ1n) is 12.1. The van der Waals surface area contributed by atoms with E-state index < -0.39 is 23.6 Å². The van der Waals surface area contributed by atoms with Gasteiger partial charge in [0.1, 0.15) is 17.5 Å².